The van der Waals surface area contributed by atoms with Gasteiger partial charge in [-0.05, 0) is 47.7 Å². The predicted octanol–water partition coefficient (Wildman–Crippen LogP) is 2.73. The summed E-state index contributed by atoms with van der Waals surface area (Å²) in [7, 11) is 1.70. The van der Waals surface area contributed by atoms with E-state index in [0.29, 0.717) is 44.4 Å². The topological polar surface area (TPSA) is 71.5 Å². The lowest BCUT2D eigenvalue weighted by atomic mass is 9.99. The zero-order valence-electron chi connectivity index (χ0n) is 20.1. The Morgan fingerprint density at radius 1 is 1.03 bits per heavy atom. The molecule has 7 heteroatoms. The van der Waals surface area contributed by atoms with Crippen LogP contribution >= 0.6 is 0 Å². The number of fused-ring (bicyclic) bond motifs is 3. The van der Waals surface area contributed by atoms with Crippen molar-refractivity contribution in [2.75, 3.05) is 59.8 Å². The first-order chi connectivity index (χ1) is 16.6. The molecule has 2 aromatic rings. The van der Waals surface area contributed by atoms with Crippen LogP contribution in [0.5, 0.6) is 5.75 Å². The molecule has 1 N–H and O–H groups in total. The van der Waals surface area contributed by atoms with Gasteiger partial charge in [-0.2, -0.15) is 0 Å². The maximum atomic E-state index is 12.8. The highest BCUT2D eigenvalue weighted by Gasteiger charge is 2.22. The van der Waals surface area contributed by atoms with Gasteiger partial charge in [0.2, 0.25) is 0 Å². The van der Waals surface area contributed by atoms with Gasteiger partial charge >= 0.3 is 0 Å². The fourth-order valence-electron chi connectivity index (χ4n) is 4.69. The molecule has 2 aliphatic heterocycles. The second kappa shape index (κ2) is 12.3. The lowest BCUT2D eigenvalue weighted by Gasteiger charge is -2.34. The summed E-state index contributed by atoms with van der Waals surface area (Å²) in [5.74, 6) is 0.664. The molecule has 0 aliphatic carbocycles. The van der Waals surface area contributed by atoms with Crippen molar-refractivity contribution in [2.45, 2.75) is 31.8 Å². The summed E-state index contributed by atoms with van der Waals surface area (Å²) >= 11 is 0. The number of amides is 1. The van der Waals surface area contributed by atoms with Crippen molar-refractivity contribution in [3.8, 4) is 5.75 Å². The molecule has 1 amide bonds. The largest absolute Gasteiger partial charge is 0.491 e. The van der Waals surface area contributed by atoms with Crippen molar-refractivity contribution in [1.29, 1.82) is 0 Å². The summed E-state index contributed by atoms with van der Waals surface area (Å²) in [6.07, 6.45) is 2.78. The van der Waals surface area contributed by atoms with Crippen LogP contribution in [0.1, 0.15) is 39.9 Å². The highest BCUT2D eigenvalue weighted by Crippen LogP contribution is 2.26. The van der Waals surface area contributed by atoms with Gasteiger partial charge < -0.3 is 24.2 Å². The van der Waals surface area contributed by atoms with E-state index in [0.717, 1.165) is 50.5 Å². The minimum Gasteiger partial charge on any atom is -0.491 e. The van der Waals surface area contributed by atoms with Gasteiger partial charge in [0.25, 0.3) is 5.91 Å². The fourth-order valence-corrected chi connectivity index (χ4v) is 4.69. The van der Waals surface area contributed by atoms with Crippen molar-refractivity contribution >= 4 is 5.91 Å². The first-order valence-corrected chi connectivity index (χ1v) is 12.2. The molecule has 0 saturated carbocycles. The minimum absolute atomic E-state index is 0.0615. The first-order valence-electron chi connectivity index (χ1n) is 12.2. The summed E-state index contributed by atoms with van der Waals surface area (Å²) in [4.78, 5) is 16.8. The van der Waals surface area contributed by atoms with Crippen molar-refractivity contribution in [1.82, 2.24) is 9.80 Å². The van der Waals surface area contributed by atoms with Gasteiger partial charge in [-0.3, -0.25) is 9.69 Å². The van der Waals surface area contributed by atoms with Crippen LogP contribution in [-0.2, 0) is 22.4 Å². The SMILES string of the molecule is CN(CCO)C(=O)c1ccc2c(c1)Cc1cccc(c1)CN(C1CCOCC1)CCOCCO2. The molecule has 34 heavy (non-hydrogen) atoms. The van der Waals surface area contributed by atoms with Gasteiger partial charge in [0.15, 0.2) is 0 Å². The molecule has 1 saturated heterocycles. The molecular formula is C27H36N2O5. The smallest absolute Gasteiger partial charge is 0.253 e. The number of aliphatic hydroxyl groups excluding tert-OH is 1. The van der Waals surface area contributed by atoms with Gasteiger partial charge in [-0.15, -0.1) is 0 Å². The van der Waals surface area contributed by atoms with Crippen LogP contribution in [0, 0.1) is 0 Å². The maximum absolute atomic E-state index is 12.8. The predicted molar refractivity (Wildman–Crippen MR) is 130 cm³/mol. The minimum atomic E-state index is -0.111. The van der Waals surface area contributed by atoms with Crippen LogP contribution in [-0.4, -0.2) is 86.6 Å². The van der Waals surface area contributed by atoms with Crippen LogP contribution in [0.4, 0.5) is 0 Å². The highest BCUT2D eigenvalue weighted by atomic mass is 16.5. The Hall–Kier alpha value is -2.45. The average Bonchev–Trinajstić information content (AvgIpc) is 2.86. The number of benzene rings is 2. The molecule has 0 spiro atoms. The summed E-state index contributed by atoms with van der Waals surface area (Å²) < 4.78 is 17.6. The summed E-state index contributed by atoms with van der Waals surface area (Å²) in [5.41, 5.74) is 4.03. The van der Waals surface area contributed by atoms with Crippen molar-refractivity contribution in [3.05, 3.63) is 64.7 Å². The lowest BCUT2D eigenvalue weighted by molar-refractivity contribution is 0.0133. The molecule has 7 nitrogen and oxygen atoms in total. The Morgan fingerprint density at radius 2 is 1.82 bits per heavy atom. The number of aliphatic hydroxyl groups is 1. The fraction of sp³-hybridized carbons (Fsp3) is 0.519. The zero-order chi connectivity index (χ0) is 23.8. The van der Waals surface area contributed by atoms with E-state index in [1.165, 1.54) is 16.0 Å². The van der Waals surface area contributed by atoms with Crippen LogP contribution in [0.25, 0.3) is 0 Å². The molecule has 2 aliphatic rings. The first kappa shape index (κ1) is 24.7. The Morgan fingerprint density at radius 3 is 2.65 bits per heavy atom. The van der Waals surface area contributed by atoms with Crippen LogP contribution in [0.15, 0.2) is 42.5 Å². The monoisotopic (exact) mass is 468 g/mol. The van der Waals surface area contributed by atoms with E-state index in [1.807, 2.05) is 12.1 Å². The second-order valence-corrected chi connectivity index (χ2v) is 9.04. The molecule has 0 atom stereocenters. The standard InChI is InChI=1S/C27H36N2O5/c1-28(9-11-30)27(31)23-5-6-26-24(19-23)18-21-3-2-4-22(17-21)20-29(10-14-33-15-16-34-26)25-7-12-32-13-8-25/h2-6,17,19,25,30H,7-16,18,20H2,1H3. The Bertz CT molecular complexity index is 944. The van der Waals surface area contributed by atoms with E-state index in [2.05, 4.69) is 29.2 Å². The molecule has 0 radical (unpaired) electrons. The average molecular weight is 469 g/mol. The number of likely N-dealkylation sites (N-methyl/N-ethyl adjacent to an activating group) is 1. The molecule has 1 fully saturated rings. The molecule has 2 aromatic carbocycles. The lowest BCUT2D eigenvalue weighted by Crippen LogP contribution is -2.41. The van der Waals surface area contributed by atoms with Crippen LogP contribution < -0.4 is 4.74 Å². The van der Waals surface area contributed by atoms with Crippen LogP contribution in [0.2, 0.25) is 0 Å². The second-order valence-electron chi connectivity index (χ2n) is 9.04. The number of nitrogens with zero attached hydrogens (tertiary/aromatic N) is 2. The molecular weight excluding hydrogens is 432 g/mol. The van der Waals surface area contributed by atoms with Gasteiger partial charge in [-0.1, -0.05) is 24.3 Å². The molecule has 2 heterocycles. The van der Waals surface area contributed by atoms with Crippen LogP contribution in [0.3, 0.4) is 0 Å². The number of carbonyl (C=O) groups is 1. The summed E-state index contributed by atoms with van der Waals surface area (Å²) in [5, 5.41) is 9.19. The Kier molecular flexibility index (Phi) is 8.93. The van der Waals surface area contributed by atoms with Gasteiger partial charge in [-0.25, -0.2) is 0 Å². The number of hydrogen-bond donors (Lipinski definition) is 1. The molecule has 0 unspecified atom stereocenters. The van der Waals surface area contributed by atoms with Gasteiger partial charge in [0.05, 0.1) is 19.8 Å². The van der Waals surface area contributed by atoms with E-state index in [1.54, 1.807) is 13.1 Å². The van der Waals surface area contributed by atoms with Gasteiger partial charge in [0.1, 0.15) is 12.4 Å². The summed E-state index contributed by atoms with van der Waals surface area (Å²) in [6, 6.07) is 14.8. The van der Waals surface area contributed by atoms with Crippen molar-refractivity contribution in [2.24, 2.45) is 0 Å². The third-order valence-corrected chi connectivity index (χ3v) is 6.58. The highest BCUT2D eigenvalue weighted by molar-refractivity contribution is 5.94. The third-order valence-electron chi connectivity index (χ3n) is 6.58. The molecule has 0 aromatic heterocycles. The number of hydrogen-bond acceptors (Lipinski definition) is 6. The normalized spacial score (nSPS) is 18.4. The Labute approximate surface area is 202 Å². The zero-order valence-corrected chi connectivity index (χ0v) is 20.1. The maximum Gasteiger partial charge on any atom is 0.253 e. The van der Waals surface area contributed by atoms with E-state index in [4.69, 9.17) is 14.2 Å². The third kappa shape index (κ3) is 6.57. The van der Waals surface area contributed by atoms with Crippen molar-refractivity contribution < 1.29 is 24.1 Å². The molecule has 2 bridgehead atoms. The van der Waals surface area contributed by atoms with E-state index < -0.39 is 0 Å². The summed E-state index contributed by atoms with van der Waals surface area (Å²) in [6.45, 7) is 5.30. The van der Waals surface area contributed by atoms with E-state index in [9.17, 15) is 9.90 Å². The van der Waals surface area contributed by atoms with E-state index in [-0.39, 0.29) is 12.5 Å². The van der Waals surface area contributed by atoms with Gasteiger partial charge in [0, 0.05) is 57.9 Å². The molecule has 4 rings (SSSR count). The number of rotatable bonds is 4. The number of ether oxygens (including phenoxy) is 3. The number of carbonyl (C=O) groups excluding carboxylic acids is 1. The molecule has 184 valence electrons. The van der Waals surface area contributed by atoms with Crippen molar-refractivity contribution in [3.63, 3.8) is 0 Å². The van der Waals surface area contributed by atoms with E-state index >= 15 is 0 Å². The Balaban J connectivity index is 1.59. The quantitative estimate of drug-likeness (QED) is 0.744.